The summed E-state index contributed by atoms with van der Waals surface area (Å²) < 4.78 is 12.8. The molecule has 0 radical (unpaired) electrons. The van der Waals surface area contributed by atoms with Crippen LogP contribution in [0.2, 0.25) is 5.02 Å². The number of hydrogen-bond acceptors (Lipinski definition) is 8. The number of amides is 1. The van der Waals surface area contributed by atoms with E-state index < -0.39 is 0 Å². The van der Waals surface area contributed by atoms with E-state index in [4.69, 9.17) is 20.8 Å². The smallest absolute Gasteiger partial charge is 0.291 e. The maximum atomic E-state index is 13.3. The van der Waals surface area contributed by atoms with E-state index in [9.17, 15) is 9.59 Å². The molecule has 5 rings (SSSR count). The molecule has 0 aliphatic carbocycles. The highest BCUT2D eigenvalue weighted by Crippen LogP contribution is 2.30. The van der Waals surface area contributed by atoms with E-state index in [1.165, 1.54) is 29.5 Å². The number of rotatable bonds is 13. The van der Waals surface area contributed by atoms with Crippen molar-refractivity contribution in [3.8, 4) is 5.75 Å². The van der Waals surface area contributed by atoms with Crippen LogP contribution in [-0.4, -0.2) is 90.5 Å². The van der Waals surface area contributed by atoms with Crippen LogP contribution in [0.4, 0.5) is 11.4 Å². The Hall–Kier alpha value is -3.50. The van der Waals surface area contributed by atoms with E-state index in [2.05, 4.69) is 46.9 Å². The number of aryl methyl sites for hydroxylation is 1. The highest BCUT2D eigenvalue weighted by molar-refractivity contribution is 6.33. The molecule has 0 spiro atoms. The van der Waals surface area contributed by atoms with Gasteiger partial charge in [-0.05, 0) is 57.5 Å². The fourth-order valence-corrected chi connectivity index (χ4v) is 6.25. The van der Waals surface area contributed by atoms with Crippen molar-refractivity contribution in [2.24, 2.45) is 0 Å². The number of furan rings is 1. The van der Waals surface area contributed by atoms with Crippen LogP contribution in [0.1, 0.15) is 56.5 Å². The number of unbranched alkanes of at least 4 members (excludes halogenated alkanes) is 4. The number of ether oxygens (including phenoxy) is 1. The first kappa shape index (κ1) is 31.9. The van der Waals surface area contributed by atoms with Gasteiger partial charge in [0.1, 0.15) is 11.4 Å². The zero-order valence-corrected chi connectivity index (χ0v) is 26.8. The first-order chi connectivity index (χ1) is 21.4. The van der Waals surface area contributed by atoms with Gasteiger partial charge in [0.2, 0.25) is 0 Å². The molecule has 0 atom stereocenters. The van der Waals surface area contributed by atoms with Crippen LogP contribution >= 0.6 is 11.6 Å². The van der Waals surface area contributed by atoms with Crippen LogP contribution in [0.3, 0.4) is 0 Å². The fourth-order valence-electron chi connectivity index (χ4n) is 6.00. The van der Waals surface area contributed by atoms with E-state index in [0.717, 1.165) is 57.7 Å². The summed E-state index contributed by atoms with van der Waals surface area (Å²) in [6.07, 6.45) is 8.69. The molecule has 44 heavy (non-hydrogen) atoms. The van der Waals surface area contributed by atoms with Crippen molar-refractivity contribution in [3.63, 3.8) is 0 Å². The minimum absolute atomic E-state index is 0.135. The molecule has 2 saturated heterocycles. The van der Waals surface area contributed by atoms with Gasteiger partial charge in [-0.15, -0.1) is 0 Å². The maximum absolute atomic E-state index is 13.3. The minimum atomic E-state index is -0.166. The fraction of sp³-hybridized carbons (Fsp3) is 0.545. The van der Waals surface area contributed by atoms with Gasteiger partial charge in [0, 0.05) is 58.9 Å². The summed E-state index contributed by atoms with van der Waals surface area (Å²) in [5, 5.41) is 4.66. The van der Waals surface area contributed by atoms with Gasteiger partial charge in [-0.1, -0.05) is 43.0 Å². The quantitative estimate of drug-likeness (QED) is 0.245. The van der Waals surface area contributed by atoms with E-state index in [0.29, 0.717) is 49.2 Å². The van der Waals surface area contributed by atoms with Gasteiger partial charge >= 0.3 is 0 Å². The molecule has 2 fully saturated rings. The van der Waals surface area contributed by atoms with E-state index >= 15 is 0 Å². The number of nitrogens with zero attached hydrogens (tertiary/aromatic N) is 6. The lowest BCUT2D eigenvalue weighted by atomic mass is 10.1. The SMILES string of the molecule is CC(C)Oc1ccccc1N1CCN(CCCCCCCn2ncc(Cl)c(N3CCN(C(=O)c4ccco4)CC3)c2=O)CC1. The number of halogens is 1. The second-order valence-electron chi connectivity index (χ2n) is 11.9. The number of carbonyl (C=O) groups excluding carboxylic acids is 1. The molecule has 10 nitrogen and oxygen atoms in total. The topological polar surface area (TPSA) is 87.3 Å². The zero-order valence-electron chi connectivity index (χ0n) is 26.0. The summed E-state index contributed by atoms with van der Waals surface area (Å²) in [6, 6.07) is 11.7. The average Bonchev–Trinajstić information content (AvgIpc) is 3.57. The molecule has 11 heteroatoms. The van der Waals surface area contributed by atoms with Crippen molar-refractivity contribution >= 4 is 28.9 Å². The van der Waals surface area contributed by atoms with Gasteiger partial charge < -0.3 is 23.9 Å². The first-order valence-electron chi connectivity index (χ1n) is 16.0. The van der Waals surface area contributed by atoms with Crippen molar-refractivity contribution in [2.75, 3.05) is 68.7 Å². The summed E-state index contributed by atoms with van der Waals surface area (Å²) in [7, 11) is 0. The van der Waals surface area contributed by atoms with Crippen LogP contribution < -0.4 is 20.1 Å². The molecule has 4 heterocycles. The number of piperazine rings is 2. The molecule has 3 aromatic rings. The molecule has 2 aliphatic heterocycles. The van der Waals surface area contributed by atoms with Crippen molar-refractivity contribution in [1.29, 1.82) is 0 Å². The van der Waals surface area contributed by atoms with Gasteiger partial charge in [-0.3, -0.25) is 14.5 Å². The zero-order chi connectivity index (χ0) is 30.9. The van der Waals surface area contributed by atoms with Crippen molar-refractivity contribution in [3.05, 3.63) is 70.0 Å². The standard InChI is InChI=1S/C33H45ClN6O4/c1-26(2)44-29-12-7-6-11-28(29)37-18-16-36(17-19-37)14-8-4-3-5-9-15-40-33(42)31(27(34)25-35-40)38-20-22-39(23-21-38)32(41)30-13-10-24-43-30/h6-7,10-13,24-26H,3-5,8-9,14-23H2,1-2H3. The highest BCUT2D eigenvalue weighted by Gasteiger charge is 2.27. The Morgan fingerprint density at radius 3 is 2.27 bits per heavy atom. The number of para-hydroxylation sites is 2. The van der Waals surface area contributed by atoms with Gasteiger partial charge in [0.25, 0.3) is 11.5 Å². The Kier molecular flexibility index (Phi) is 11.2. The molecular weight excluding hydrogens is 580 g/mol. The number of aromatic nitrogens is 2. The third-order valence-electron chi connectivity index (χ3n) is 8.37. The molecule has 1 amide bonds. The number of hydrogen-bond donors (Lipinski definition) is 0. The minimum Gasteiger partial charge on any atom is -0.489 e. The van der Waals surface area contributed by atoms with Crippen molar-refractivity contribution in [1.82, 2.24) is 19.6 Å². The number of carbonyl (C=O) groups is 1. The van der Waals surface area contributed by atoms with Crippen LogP contribution in [0.15, 0.2) is 58.1 Å². The van der Waals surface area contributed by atoms with Crippen LogP contribution in [-0.2, 0) is 6.54 Å². The summed E-state index contributed by atoms with van der Waals surface area (Å²) in [5.41, 5.74) is 1.51. The molecule has 0 saturated carbocycles. The molecule has 2 aromatic heterocycles. The molecule has 1 aromatic carbocycles. The normalized spacial score (nSPS) is 16.1. The summed E-state index contributed by atoms with van der Waals surface area (Å²) in [4.78, 5) is 34.6. The molecule has 0 bridgehead atoms. The second kappa shape index (κ2) is 15.5. The van der Waals surface area contributed by atoms with Crippen LogP contribution in [0.25, 0.3) is 0 Å². The maximum Gasteiger partial charge on any atom is 0.291 e. The monoisotopic (exact) mass is 624 g/mol. The third-order valence-corrected chi connectivity index (χ3v) is 8.65. The lowest BCUT2D eigenvalue weighted by Gasteiger charge is -2.37. The second-order valence-corrected chi connectivity index (χ2v) is 12.3. The average molecular weight is 625 g/mol. The van der Waals surface area contributed by atoms with E-state index in [-0.39, 0.29) is 17.6 Å². The Bertz CT molecular complexity index is 1400. The predicted octanol–water partition coefficient (Wildman–Crippen LogP) is 5.01. The number of benzene rings is 1. The Morgan fingerprint density at radius 2 is 1.57 bits per heavy atom. The van der Waals surface area contributed by atoms with Gasteiger partial charge in [-0.25, -0.2) is 4.68 Å². The third kappa shape index (κ3) is 8.15. The number of anilines is 2. The van der Waals surface area contributed by atoms with Gasteiger partial charge in [0.15, 0.2) is 5.76 Å². The van der Waals surface area contributed by atoms with Crippen LogP contribution in [0.5, 0.6) is 5.75 Å². The lowest BCUT2D eigenvalue weighted by molar-refractivity contribution is 0.0714. The largest absolute Gasteiger partial charge is 0.489 e. The molecular formula is C33H45ClN6O4. The van der Waals surface area contributed by atoms with Crippen molar-refractivity contribution in [2.45, 2.75) is 58.6 Å². The Morgan fingerprint density at radius 1 is 0.886 bits per heavy atom. The molecule has 0 N–H and O–H groups in total. The highest BCUT2D eigenvalue weighted by atomic mass is 35.5. The first-order valence-corrected chi connectivity index (χ1v) is 16.3. The van der Waals surface area contributed by atoms with Gasteiger partial charge in [-0.2, -0.15) is 5.10 Å². The summed E-state index contributed by atoms with van der Waals surface area (Å²) in [6.45, 7) is 12.0. The Labute approximate surface area is 265 Å². The predicted molar refractivity (Wildman–Crippen MR) is 174 cm³/mol. The van der Waals surface area contributed by atoms with Crippen LogP contribution in [0, 0.1) is 0 Å². The molecule has 238 valence electrons. The Balaban J connectivity index is 0.993. The molecule has 0 unspecified atom stereocenters. The van der Waals surface area contributed by atoms with Gasteiger partial charge in [0.05, 0.1) is 29.3 Å². The van der Waals surface area contributed by atoms with E-state index in [1.807, 2.05) is 11.0 Å². The molecule has 2 aliphatic rings. The van der Waals surface area contributed by atoms with Crippen molar-refractivity contribution < 1.29 is 13.9 Å². The lowest BCUT2D eigenvalue weighted by Crippen LogP contribution is -2.50. The summed E-state index contributed by atoms with van der Waals surface area (Å²) >= 11 is 6.44. The summed E-state index contributed by atoms with van der Waals surface area (Å²) in [5.74, 6) is 1.17. The van der Waals surface area contributed by atoms with E-state index in [1.54, 1.807) is 23.2 Å².